The molecule has 0 bridgehead atoms. The van der Waals surface area contributed by atoms with E-state index in [9.17, 15) is 0 Å². The SMILES string of the molecule is CN(Cc1cccc(Br)c1)c1nc(NN)nc2[nH]ncc12. The molecular formula is C13H14BrN7. The Hall–Kier alpha value is -2.19. The normalized spacial score (nSPS) is 10.8. The lowest BCUT2D eigenvalue weighted by atomic mass is 10.2. The summed E-state index contributed by atoms with van der Waals surface area (Å²) in [5, 5.41) is 7.70. The molecule has 7 nitrogen and oxygen atoms in total. The van der Waals surface area contributed by atoms with Gasteiger partial charge in [0.15, 0.2) is 5.65 Å². The van der Waals surface area contributed by atoms with Crippen molar-refractivity contribution in [2.24, 2.45) is 5.84 Å². The van der Waals surface area contributed by atoms with Crippen LogP contribution in [-0.2, 0) is 6.54 Å². The largest absolute Gasteiger partial charge is 0.355 e. The van der Waals surface area contributed by atoms with Gasteiger partial charge in [-0.05, 0) is 17.7 Å². The Balaban J connectivity index is 1.97. The number of halogens is 1. The summed E-state index contributed by atoms with van der Waals surface area (Å²) in [5.74, 6) is 6.53. The van der Waals surface area contributed by atoms with Gasteiger partial charge in [-0.25, -0.2) is 5.84 Å². The van der Waals surface area contributed by atoms with Gasteiger partial charge >= 0.3 is 0 Å². The van der Waals surface area contributed by atoms with Crippen LogP contribution in [0.25, 0.3) is 11.0 Å². The standard InChI is InChI=1S/C13H14BrN7/c1-21(7-8-3-2-4-9(14)5-8)12-10-6-16-20-11(10)17-13(18-12)19-15/h2-6H,7,15H2,1H3,(H2,16,17,18,19,20). The van der Waals surface area contributed by atoms with Crippen molar-refractivity contribution in [2.45, 2.75) is 6.54 Å². The number of rotatable bonds is 4. The van der Waals surface area contributed by atoms with E-state index in [1.54, 1.807) is 6.20 Å². The number of benzene rings is 1. The lowest BCUT2D eigenvalue weighted by molar-refractivity contribution is 0.899. The molecule has 0 fully saturated rings. The van der Waals surface area contributed by atoms with Crippen molar-refractivity contribution < 1.29 is 0 Å². The maximum absolute atomic E-state index is 5.42. The Kier molecular flexibility index (Phi) is 3.72. The highest BCUT2D eigenvalue weighted by atomic mass is 79.9. The van der Waals surface area contributed by atoms with Gasteiger partial charge in [-0.2, -0.15) is 15.1 Å². The third-order valence-corrected chi connectivity index (χ3v) is 3.58. The molecule has 0 atom stereocenters. The number of aromatic nitrogens is 4. The highest BCUT2D eigenvalue weighted by Gasteiger charge is 2.13. The number of nitrogens with zero attached hydrogens (tertiary/aromatic N) is 4. The molecule has 108 valence electrons. The number of hydrogen-bond donors (Lipinski definition) is 3. The Labute approximate surface area is 129 Å². The molecule has 4 N–H and O–H groups in total. The zero-order valence-electron chi connectivity index (χ0n) is 11.3. The van der Waals surface area contributed by atoms with E-state index in [0.29, 0.717) is 18.1 Å². The number of hydrogen-bond acceptors (Lipinski definition) is 6. The summed E-state index contributed by atoms with van der Waals surface area (Å²) in [7, 11) is 1.97. The summed E-state index contributed by atoms with van der Waals surface area (Å²) in [6.45, 7) is 0.709. The summed E-state index contributed by atoms with van der Waals surface area (Å²) >= 11 is 3.48. The van der Waals surface area contributed by atoms with E-state index >= 15 is 0 Å². The molecule has 0 unspecified atom stereocenters. The molecule has 0 aliphatic rings. The monoisotopic (exact) mass is 347 g/mol. The highest BCUT2D eigenvalue weighted by Crippen LogP contribution is 2.24. The first kappa shape index (κ1) is 13.8. The second-order valence-electron chi connectivity index (χ2n) is 4.63. The molecule has 3 aromatic rings. The van der Waals surface area contributed by atoms with Crippen molar-refractivity contribution >= 4 is 38.7 Å². The predicted octanol–water partition coefficient (Wildman–Crippen LogP) is 2.04. The molecule has 8 heteroatoms. The Morgan fingerprint density at radius 1 is 1.38 bits per heavy atom. The Morgan fingerprint density at radius 3 is 3.00 bits per heavy atom. The van der Waals surface area contributed by atoms with Gasteiger partial charge in [0.25, 0.3) is 0 Å². The predicted molar refractivity (Wildman–Crippen MR) is 85.7 cm³/mol. The first-order chi connectivity index (χ1) is 10.2. The van der Waals surface area contributed by atoms with Crippen LogP contribution in [-0.4, -0.2) is 27.2 Å². The van der Waals surface area contributed by atoms with E-state index in [1.807, 2.05) is 24.1 Å². The Bertz CT molecular complexity index is 770. The quantitative estimate of drug-likeness (QED) is 0.493. The third-order valence-electron chi connectivity index (χ3n) is 3.09. The van der Waals surface area contributed by atoms with Crippen LogP contribution in [0.15, 0.2) is 34.9 Å². The molecular weight excluding hydrogens is 334 g/mol. The van der Waals surface area contributed by atoms with Crippen molar-refractivity contribution in [1.82, 2.24) is 20.2 Å². The zero-order chi connectivity index (χ0) is 14.8. The van der Waals surface area contributed by atoms with Crippen LogP contribution in [0.1, 0.15) is 5.56 Å². The molecule has 2 aromatic heterocycles. The number of anilines is 2. The van der Waals surface area contributed by atoms with Crippen LogP contribution in [0.2, 0.25) is 0 Å². The lowest BCUT2D eigenvalue weighted by Crippen LogP contribution is -2.20. The van der Waals surface area contributed by atoms with Crippen molar-refractivity contribution in [1.29, 1.82) is 0 Å². The number of hydrazine groups is 1. The van der Waals surface area contributed by atoms with Gasteiger partial charge in [0.2, 0.25) is 5.95 Å². The molecule has 0 radical (unpaired) electrons. The zero-order valence-corrected chi connectivity index (χ0v) is 12.9. The minimum absolute atomic E-state index is 0.350. The van der Waals surface area contributed by atoms with Crippen LogP contribution < -0.4 is 16.2 Å². The van der Waals surface area contributed by atoms with Crippen LogP contribution in [0, 0.1) is 0 Å². The van der Waals surface area contributed by atoms with Gasteiger partial charge < -0.3 is 4.90 Å². The third kappa shape index (κ3) is 2.81. The molecule has 0 aliphatic carbocycles. The van der Waals surface area contributed by atoms with E-state index in [4.69, 9.17) is 5.84 Å². The topological polar surface area (TPSA) is 95.8 Å². The summed E-state index contributed by atoms with van der Waals surface area (Å²) < 4.78 is 1.05. The van der Waals surface area contributed by atoms with Gasteiger partial charge in [-0.1, -0.05) is 28.1 Å². The Morgan fingerprint density at radius 2 is 2.24 bits per heavy atom. The van der Waals surface area contributed by atoms with Gasteiger partial charge in [0, 0.05) is 18.1 Å². The van der Waals surface area contributed by atoms with Gasteiger partial charge in [0.05, 0.1) is 11.6 Å². The van der Waals surface area contributed by atoms with E-state index in [1.165, 1.54) is 5.56 Å². The fraction of sp³-hybridized carbons (Fsp3) is 0.154. The molecule has 1 aromatic carbocycles. The van der Waals surface area contributed by atoms with Crippen LogP contribution in [0.5, 0.6) is 0 Å². The van der Waals surface area contributed by atoms with Gasteiger partial charge in [-0.3, -0.25) is 10.5 Å². The van der Waals surface area contributed by atoms with E-state index in [0.717, 1.165) is 15.7 Å². The van der Waals surface area contributed by atoms with Crippen molar-refractivity contribution in [3.63, 3.8) is 0 Å². The average Bonchev–Trinajstić information content (AvgIpc) is 2.94. The number of aromatic amines is 1. The number of nitrogen functional groups attached to an aromatic ring is 1. The smallest absolute Gasteiger partial charge is 0.241 e. The van der Waals surface area contributed by atoms with Crippen LogP contribution in [0.4, 0.5) is 11.8 Å². The first-order valence-electron chi connectivity index (χ1n) is 6.30. The minimum Gasteiger partial charge on any atom is -0.355 e. The number of H-pyrrole nitrogens is 1. The van der Waals surface area contributed by atoms with E-state index in [-0.39, 0.29) is 0 Å². The summed E-state index contributed by atoms with van der Waals surface area (Å²) in [4.78, 5) is 10.7. The van der Waals surface area contributed by atoms with Crippen LogP contribution >= 0.6 is 15.9 Å². The van der Waals surface area contributed by atoms with Crippen molar-refractivity contribution in [3.05, 3.63) is 40.5 Å². The van der Waals surface area contributed by atoms with E-state index < -0.39 is 0 Å². The fourth-order valence-electron chi connectivity index (χ4n) is 2.16. The van der Waals surface area contributed by atoms with Gasteiger partial charge in [0.1, 0.15) is 5.82 Å². The average molecular weight is 348 g/mol. The molecule has 0 spiro atoms. The maximum Gasteiger partial charge on any atom is 0.241 e. The number of fused-ring (bicyclic) bond motifs is 1. The summed E-state index contributed by atoms with van der Waals surface area (Å²) in [6, 6.07) is 8.15. The lowest BCUT2D eigenvalue weighted by Gasteiger charge is -2.19. The van der Waals surface area contributed by atoms with Crippen molar-refractivity contribution in [2.75, 3.05) is 17.4 Å². The molecule has 21 heavy (non-hydrogen) atoms. The number of nitrogens with one attached hydrogen (secondary N) is 2. The van der Waals surface area contributed by atoms with Crippen molar-refractivity contribution in [3.8, 4) is 0 Å². The fourth-order valence-corrected chi connectivity index (χ4v) is 2.61. The summed E-state index contributed by atoms with van der Waals surface area (Å²) in [5.41, 5.74) is 4.29. The maximum atomic E-state index is 5.42. The molecule has 0 saturated heterocycles. The number of nitrogens with two attached hydrogens (primary N) is 1. The highest BCUT2D eigenvalue weighted by molar-refractivity contribution is 9.10. The summed E-state index contributed by atoms with van der Waals surface area (Å²) in [6.07, 6.45) is 1.71. The molecule has 0 aliphatic heterocycles. The van der Waals surface area contributed by atoms with Crippen LogP contribution in [0.3, 0.4) is 0 Å². The minimum atomic E-state index is 0.350. The molecule has 2 heterocycles. The second-order valence-corrected chi connectivity index (χ2v) is 5.55. The van der Waals surface area contributed by atoms with Gasteiger partial charge in [-0.15, -0.1) is 0 Å². The van der Waals surface area contributed by atoms with E-state index in [2.05, 4.69) is 53.7 Å². The first-order valence-corrected chi connectivity index (χ1v) is 7.10. The second kappa shape index (κ2) is 5.66. The molecule has 0 amide bonds. The molecule has 0 saturated carbocycles. The molecule has 3 rings (SSSR count).